The van der Waals surface area contributed by atoms with Crippen LogP contribution in [0.5, 0.6) is 17.4 Å². The van der Waals surface area contributed by atoms with Crippen LogP contribution >= 0.6 is 11.3 Å². The maximum Gasteiger partial charge on any atom is 0.231 e. The summed E-state index contributed by atoms with van der Waals surface area (Å²) in [5.41, 5.74) is 1.82. The van der Waals surface area contributed by atoms with E-state index in [1.54, 1.807) is 12.1 Å². The van der Waals surface area contributed by atoms with Crippen molar-refractivity contribution in [3.05, 3.63) is 66.1 Å². The first-order valence-electron chi connectivity index (χ1n) is 8.13. The second-order valence-electron chi connectivity index (χ2n) is 5.52. The van der Waals surface area contributed by atoms with Crippen molar-refractivity contribution in [2.24, 2.45) is 0 Å². The van der Waals surface area contributed by atoms with Crippen LogP contribution in [-0.4, -0.2) is 16.6 Å². The number of nitrogens with zero attached hydrogens (tertiary/aromatic N) is 2. The molecule has 0 amide bonds. The van der Waals surface area contributed by atoms with Crippen molar-refractivity contribution in [2.45, 2.75) is 6.92 Å². The number of halogens is 1. The zero-order valence-corrected chi connectivity index (χ0v) is 14.8. The fourth-order valence-corrected chi connectivity index (χ4v) is 3.56. The second-order valence-corrected chi connectivity index (χ2v) is 6.38. The summed E-state index contributed by atoms with van der Waals surface area (Å²) < 4.78 is 24.7. The zero-order valence-electron chi connectivity index (χ0n) is 14.0. The van der Waals surface area contributed by atoms with Gasteiger partial charge in [-0.25, -0.2) is 14.4 Å². The molecule has 2 heterocycles. The molecule has 4 nitrogen and oxygen atoms in total. The molecule has 0 unspecified atom stereocenters. The average Bonchev–Trinajstić information content (AvgIpc) is 3.09. The van der Waals surface area contributed by atoms with Gasteiger partial charge in [-0.15, -0.1) is 11.3 Å². The Morgan fingerprint density at radius 1 is 0.962 bits per heavy atom. The lowest BCUT2D eigenvalue weighted by atomic mass is 10.1. The molecule has 0 aliphatic heterocycles. The van der Waals surface area contributed by atoms with Crippen LogP contribution in [0.15, 0.2) is 60.2 Å². The van der Waals surface area contributed by atoms with E-state index in [1.165, 1.54) is 29.8 Å². The Kier molecular flexibility index (Phi) is 4.50. The molecule has 2 aromatic carbocycles. The minimum Gasteiger partial charge on any atom is -0.494 e. The summed E-state index contributed by atoms with van der Waals surface area (Å²) in [4.78, 5) is 9.44. The predicted octanol–water partition coefficient (Wildman–Crippen LogP) is 5.69. The van der Waals surface area contributed by atoms with Crippen molar-refractivity contribution >= 4 is 21.6 Å². The van der Waals surface area contributed by atoms with Gasteiger partial charge in [0.15, 0.2) is 0 Å². The van der Waals surface area contributed by atoms with Crippen LogP contribution in [0.25, 0.3) is 21.3 Å². The van der Waals surface area contributed by atoms with E-state index in [0.717, 1.165) is 27.1 Å². The highest BCUT2D eigenvalue weighted by atomic mass is 32.1. The van der Waals surface area contributed by atoms with Gasteiger partial charge in [0.1, 0.15) is 28.5 Å². The summed E-state index contributed by atoms with van der Waals surface area (Å²) in [5, 5.41) is 2.80. The molecule has 2 aromatic heterocycles. The molecule has 0 radical (unpaired) electrons. The molecule has 4 rings (SSSR count). The van der Waals surface area contributed by atoms with Gasteiger partial charge < -0.3 is 9.47 Å². The maximum atomic E-state index is 13.2. The number of thiophene rings is 1. The maximum absolute atomic E-state index is 13.2. The molecule has 0 fully saturated rings. The molecule has 0 N–H and O–H groups in total. The normalized spacial score (nSPS) is 10.8. The minimum absolute atomic E-state index is 0.268. The van der Waals surface area contributed by atoms with Crippen LogP contribution in [0.1, 0.15) is 6.92 Å². The highest BCUT2D eigenvalue weighted by Crippen LogP contribution is 2.39. The largest absolute Gasteiger partial charge is 0.494 e. The van der Waals surface area contributed by atoms with Crippen molar-refractivity contribution in [1.29, 1.82) is 0 Å². The van der Waals surface area contributed by atoms with Gasteiger partial charge >= 0.3 is 0 Å². The molecule has 0 aliphatic carbocycles. The highest BCUT2D eigenvalue weighted by molar-refractivity contribution is 7.17. The Labute approximate surface area is 153 Å². The van der Waals surface area contributed by atoms with Gasteiger partial charge in [0, 0.05) is 10.9 Å². The number of rotatable bonds is 5. The van der Waals surface area contributed by atoms with Gasteiger partial charge in [-0.3, -0.25) is 0 Å². The standard InChI is InChI=1S/C20H15FN2O2S/c1-2-24-15-7-9-16(10-8-15)25-19-18-17(11-26-20(18)23-12-22-19)13-3-5-14(21)6-4-13/h3-12H,2H2,1H3. The lowest BCUT2D eigenvalue weighted by Crippen LogP contribution is -1.93. The SMILES string of the molecule is CCOc1ccc(Oc2ncnc3scc(-c4ccc(F)cc4)c23)cc1. The van der Waals surface area contributed by atoms with Gasteiger partial charge in [-0.2, -0.15) is 0 Å². The van der Waals surface area contributed by atoms with E-state index in [0.29, 0.717) is 18.2 Å². The molecule has 6 heteroatoms. The number of benzene rings is 2. The number of ether oxygens (including phenoxy) is 2. The van der Waals surface area contributed by atoms with E-state index in [-0.39, 0.29) is 5.82 Å². The third-order valence-electron chi connectivity index (χ3n) is 3.84. The summed E-state index contributed by atoms with van der Waals surface area (Å²) in [6, 6.07) is 13.7. The Hall–Kier alpha value is -2.99. The van der Waals surface area contributed by atoms with Crippen molar-refractivity contribution < 1.29 is 13.9 Å². The van der Waals surface area contributed by atoms with Crippen LogP contribution in [0.3, 0.4) is 0 Å². The lowest BCUT2D eigenvalue weighted by molar-refractivity contribution is 0.339. The first kappa shape index (κ1) is 16.5. The van der Waals surface area contributed by atoms with Gasteiger partial charge in [0.2, 0.25) is 5.88 Å². The Morgan fingerprint density at radius 3 is 2.42 bits per heavy atom. The average molecular weight is 366 g/mol. The third-order valence-corrected chi connectivity index (χ3v) is 4.73. The van der Waals surface area contributed by atoms with Crippen LogP contribution in [0.4, 0.5) is 4.39 Å². The zero-order chi connectivity index (χ0) is 17.9. The van der Waals surface area contributed by atoms with E-state index < -0.39 is 0 Å². The predicted molar refractivity (Wildman–Crippen MR) is 100 cm³/mol. The molecule has 0 saturated heterocycles. The molecule has 4 aromatic rings. The molecular weight excluding hydrogens is 351 g/mol. The van der Waals surface area contributed by atoms with Crippen LogP contribution in [-0.2, 0) is 0 Å². The van der Waals surface area contributed by atoms with Gasteiger partial charge in [0.05, 0.1) is 12.0 Å². The smallest absolute Gasteiger partial charge is 0.231 e. The quantitative estimate of drug-likeness (QED) is 0.455. The summed E-state index contributed by atoms with van der Waals surface area (Å²) >= 11 is 1.50. The fourth-order valence-electron chi connectivity index (χ4n) is 2.65. The molecule has 0 bridgehead atoms. The third kappa shape index (κ3) is 3.23. The fraction of sp³-hybridized carbons (Fsp3) is 0.100. The first-order valence-corrected chi connectivity index (χ1v) is 9.01. The van der Waals surface area contributed by atoms with Gasteiger partial charge in [0.25, 0.3) is 0 Å². The number of hydrogen-bond donors (Lipinski definition) is 0. The Bertz CT molecular complexity index is 1030. The molecule has 0 saturated carbocycles. The lowest BCUT2D eigenvalue weighted by Gasteiger charge is -2.08. The van der Waals surface area contributed by atoms with Crippen LogP contribution in [0.2, 0.25) is 0 Å². The van der Waals surface area contributed by atoms with Crippen molar-refractivity contribution in [1.82, 2.24) is 9.97 Å². The highest BCUT2D eigenvalue weighted by Gasteiger charge is 2.15. The topological polar surface area (TPSA) is 44.2 Å². The summed E-state index contributed by atoms with van der Waals surface area (Å²) in [7, 11) is 0. The minimum atomic E-state index is -0.268. The van der Waals surface area contributed by atoms with E-state index in [2.05, 4.69) is 9.97 Å². The first-order chi connectivity index (χ1) is 12.7. The number of hydrogen-bond acceptors (Lipinski definition) is 5. The molecule has 0 spiro atoms. The molecule has 130 valence electrons. The van der Waals surface area contributed by atoms with Crippen molar-refractivity contribution in [3.63, 3.8) is 0 Å². The number of aromatic nitrogens is 2. The van der Waals surface area contributed by atoms with E-state index in [4.69, 9.17) is 9.47 Å². The summed E-state index contributed by atoms with van der Waals surface area (Å²) in [5.74, 6) is 1.65. The van der Waals surface area contributed by atoms with Gasteiger partial charge in [-0.05, 0) is 48.9 Å². The summed E-state index contributed by atoms with van der Waals surface area (Å²) in [6.45, 7) is 2.55. The monoisotopic (exact) mass is 366 g/mol. The molecule has 0 aliphatic rings. The molecule has 0 atom stereocenters. The van der Waals surface area contributed by atoms with Crippen LogP contribution in [0, 0.1) is 5.82 Å². The van der Waals surface area contributed by atoms with E-state index in [1.807, 2.05) is 36.6 Å². The van der Waals surface area contributed by atoms with Crippen LogP contribution < -0.4 is 9.47 Å². The van der Waals surface area contributed by atoms with Crippen molar-refractivity contribution in [2.75, 3.05) is 6.61 Å². The molecule has 26 heavy (non-hydrogen) atoms. The molecular formula is C20H15FN2O2S. The van der Waals surface area contributed by atoms with E-state index >= 15 is 0 Å². The van der Waals surface area contributed by atoms with Gasteiger partial charge in [-0.1, -0.05) is 12.1 Å². The number of fused-ring (bicyclic) bond motifs is 1. The summed E-state index contributed by atoms with van der Waals surface area (Å²) in [6.07, 6.45) is 1.48. The van der Waals surface area contributed by atoms with E-state index in [9.17, 15) is 4.39 Å². The second kappa shape index (κ2) is 7.09. The Balaban J connectivity index is 1.73. The van der Waals surface area contributed by atoms with Crippen molar-refractivity contribution in [3.8, 4) is 28.5 Å². The Morgan fingerprint density at radius 2 is 1.69 bits per heavy atom.